The number of unbranched alkanes of at least 4 members (excludes halogenated alkanes) is 1. The Morgan fingerprint density at radius 3 is 2.19 bits per heavy atom. The first-order chi connectivity index (χ1) is 7.63. The lowest BCUT2D eigenvalue weighted by molar-refractivity contribution is 0.538. The highest BCUT2D eigenvalue weighted by molar-refractivity contribution is 9.08. The minimum atomic E-state index is -0.536. The van der Waals surface area contributed by atoms with Crippen molar-refractivity contribution in [2.75, 3.05) is 26.2 Å². The minimum absolute atomic E-state index is 0.536. The van der Waals surface area contributed by atoms with Gasteiger partial charge in [-0.1, -0.05) is 13.8 Å². The molecule has 0 spiro atoms. The first-order valence-corrected chi connectivity index (χ1v) is 9.63. The normalized spacial score (nSPS) is 12.2. The van der Waals surface area contributed by atoms with Gasteiger partial charge in [-0.25, -0.2) is 0 Å². The molecule has 0 bridgehead atoms. The Morgan fingerprint density at radius 2 is 1.56 bits per heavy atom. The van der Waals surface area contributed by atoms with Crippen molar-refractivity contribution in [2.24, 2.45) is 0 Å². The molecule has 100 valence electrons. The van der Waals surface area contributed by atoms with E-state index in [2.05, 4.69) is 52.5 Å². The summed E-state index contributed by atoms with van der Waals surface area (Å²) in [5.41, 5.74) is 0. The van der Waals surface area contributed by atoms with E-state index in [1.165, 1.54) is 12.8 Å². The minimum Gasteiger partial charge on any atom is -0.317 e. The van der Waals surface area contributed by atoms with E-state index in [9.17, 15) is 0 Å². The second-order valence-electron chi connectivity index (χ2n) is 4.12. The van der Waals surface area contributed by atoms with Gasteiger partial charge in [0.15, 0.2) is 0 Å². The predicted molar refractivity (Wildman–Crippen MR) is 84.8 cm³/mol. The van der Waals surface area contributed by atoms with Crippen molar-refractivity contribution in [1.82, 2.24) is 15.4 Å². The fourth-order valence-electron chi connectivity index (χ4n) is 1.28. The van der Waals surface area contributed by atoms with Gasteiger partial charge in [0, 0.05) is 12.6 Å². The van der Waals surface area contributed by atoms with Gasteiger partial charge in [0.25, 0.3) is 0 Å². The molecule has 0 saturated heterocycles. The van der Waals surface area contributed by atoms with Crippen LogP contribution < -0.4 is 15.4 Å². The maximum absolute atomic E-state index is 4.19. The molecule has 0 rings (SSSR count). The summed E-state index contributed by atoms with van der Waals surface area (Å²) in [4.78, 5) is 0. The Labute approximate surface area is 113 Å². The molecule has 0 aromatic carbocycles. The second-order valence-corrected chi connectivity index (χ2v) is 8.36. The molecule has 0 amide bonds. The molecule has 3 N–H and O–H groups in total. The van der Waals surface area contributed by atoms with Gasteiger partial charge in [-0.3, -0.25) is 4.72 Å². The SMILES string of the molecule is CC(C)NCCCCNCCCN[SH](S)S. The largest absolute Gasteiger partial charge is 0.317 e. The van der Waals surface area contributed by atoms with Crippen LogP contribution in [0, 0.1) is 0 Å². The van der Waals surface area contributed by atoms with Crippen LogP contribution in [-0.4, -0.2) is 32.2 Å². The number of nitrogens with one attached hydrogen (secondary N) is 3. The zero-order chi connectivity index (χ0) is 12.2. The van der Waals surface area contributed by atoms with Crippen molar-refractivity contribution in [2.45, 2.75) is 39.2 Å². The van der Waals surface area contributed by atoms with Crippen LogP contribution in [0.25, 0.3) is 0 Å². The highest BCUT2D eigenvalue weighted by atomic mass is 33.5. The van der Waals surface area contributed by atoms with Crippen LogP contribution in [0.2, 0.25) is 0 Å². The van der Waals surface area contributed by atoms with Crippen LogP contribution in [0.3, 0.4) is 0 Å². The fraction of sp³-hybridized carbons (Fsp3) is 1.00. The summed E-state index contributed by atoms with van der Waals surface area (Å²) in [5, 5.41) is 6.85. The maximum atomic E-state index is 4.19. The molecule has 0 aliphatic rings. The summed E-state index contributed by atoms with van der Waals surface area (Å²) < 4.78 is 3.21. The zero-order valence-corrected chi connectivity index (χ0v) is 13.1. The Balaban J connectivity index is 2.93. The van der Waals surface area contributed by atoms with Crippen LogP contribution in [0.5, 0.6) is 0 Å². The van der Waals surface area contributed by atoms with E-state index in [0.717, 1.165) is 32.6 Å². The standard InChI is InChI=1S/C10H27N3S3/c1-10(2)12-8-4-3-6-11-7-5-9-13-16(14)15/h10-16H,3-9H2,1-2H3. The molecular weight excluding hydrogens is 258 g/mol. The van der Waals surface area contributed by atoms with Crippen molar-refractivity contribution >= 4 is 32.5 Å². The van der Waals surface area contributed by atoms with E-state index in [0.29, 0.717) is 6.04 Å². The molecule has 0 fully saturated rings. The lowest BCUT2D eigenvalue weighted by atomic mass is 10.3. The van der Waals surface area contributed by atoms with E-state index < -0.39 is 9.15 Å². The van der Waals surface area contributed by atoms with Crippen LogP contribution in [0.4, 0.5) is 0 Å². The molecule has 0 aromatic heterocycles. The van der Waals surface area contributed by atoms with Crippen LogP contribution in [0.1, 0.15) is 33.1 Å². The lowest BCUT2D eigenvalue weighted by Crippen LogP contribution is -2.25. The lowest BCUT2D eigenvalue weighted by Gasteiger charge is -2.10. The van der Waals surface area contributed by atoms with Gasteiger partial charge in [0.2, 0.25) is 0 Å². The Hall–Kier alpha value is 0.930. The molecule has 0 aliphatic heterocycles. The van der Waals surface area contributed by atoms with E-state index in [1.54, 1.807) is 0 Å². The summed E-state index contributed by atoms with van der Waals surface area (Å²) >= 11 is 8.37. The number of rotatable bonds is 11. The average Bonchev–Trinajstić information content (AvgIpc) is 2.20. The number of hydrogen-bond acceptors (Lipinski definition) is 5. The molecule has 6 heteroatoms. The van der Waals surface area contributed by atoms with Gasteiger partial charge in [-0.15, -0.1) is 32.5 Å². The van der Waals surface area contributed by atoms with E-state index in [-0.39, 0.29) is 0 Å². The zero-order valence-electron chi connectivity index (χ0n) is 10.4. The second kappa shape index (κ2) is 12.4. The summed E-state index contributed by atoms with van der Waals surface area (Å²) in [6.07, 6.45) is 3.64. The van der Waals surface area contributed by atoms with E-state index in [1.807, 2.05) is 0 Å². The number of hydrogen-bond donors (Lipinski definition) is 6. The van der Waals surface area contributed by atoms with Gasteiger partial charge < -0.3 is 10.6 Å². The van der Waals surface area contributed by atoms with Gasteiger partial charge in [0.1, 0.15) is 0 Å². The first kappa shape index (κ1) is 16.9. The van der Waals surface area contributed by atoms with Crippen molar-refractivity contribution in [3.05, 3.63) is 0 Å². The third kappa shape index (κ3) is 14.9. The Bertz CT molecular complexity index is 129. The molecule has 0 unspecified atom stereocenters. The molecular formula is C10H27N3S3. The van der Waals surface area contributed by atoms with Crippen LogP contribution >= 0.6 is 32.5 Å². The first-order valence-electron chi connectivity index (χ1n) is 5.98. The van der Waals surface area contributed by atoms with Gasteiger partial charge in [0.05, 0.1) is 0 Å². The summed E-state index contributed by atoms with van der Waals surface area (Å²) in [6, 6.07) is 0.608. The quantitative estimate of drug-likeness (QED) is 0.200. The van der Waals surface area contributed by atoms with Crippen LogP contribution in [-0.2, 0) is 0 Å². The maximum Gasteiger partial charge on any atom is 0.00679 e. The van der Waals surface area contributed by atoms with Gasteiger partial charge in [-0.05, 0) is 38.9 Å². The average molecular weight is 286 g/mol. The van der Waals surface area contributed by atoms with Crippen LogP contribution in [0.15, 0.2) is 0 Å². The summed E-state index contributed by atoms with van der Waals surface area (Å²) in [5.74, 6) is 0. The number of thiol groups is 3. The predicted octanol–water partition coefficient (Wildman–Crippen LogP) is 1.94. The molecule has 0 heterocycles. The molecule has 0 atom stereocenters. The van der Waals surface area contributed by atoms with Gasteiger partial charge >= 0.3 is 0 Å². The monoisotopic (exact) mass is 285 g/mol. The molecule has 3 nitrogen and oxygen atoms in total. The summed E-state index contributed by atoms with van der Waals surface area (Å²) in [6.45, 7) is 8.70. The van der Waals surface area contributed by atoms with E-state index in [4.69, 9.17) is 0 Å². The van der Waals surface area contributed by atoms with Crippen molar-refractivity contribution < 1.29 is 0 Å². The molecule has 0 saturated carbocycles. The Kier molecular flexibility index (Phi) is 13.1. The van der Waals surface area contributed by atoms with Crippen molar-refractivity contribution in [3.8, 4) is 0 Å². The van der Waals surface area contributed by atoms with Crippen molar-refractivity contribution in [3.63, 3.8) is 0 Å². The highest BCUT2D eigenvalue weighted by Crippen LogP contribution is 2.28. The molecule has 0 aliphatic carbocycles. The summed E-state index contributed by atoms with van der Waals surface area (Å²) in [7, 11) is -0.536. The van der Waals surface area contributed by atoms with E-state index >= 15 is 0 Å². The molecule has 16 heavy (non-hydrogen) atoms. The van der Waals surface area contributed by atoms with Gasteiger partial charge in [-0.2, -0.15) is 0 Å². The fourth-order valence-corrected chi connectivity index (χ4v) is 2.24. The molecule has 0 aromatic rings. The smallest absolute Gasteiger partial charge is 0.00679 e. The topological polar surface area (TPSA) is 36.1 Å². The Morgan fingerprint density at radius 1 is 0.938 bits per heavy atom. The molecule has 0 radical (unpaired) electrons. The van der Waals surface area contributed by atoms with Crippen molar-refractivity contribution in [1.29, 1.82) is 0 Å². The third-order valence-corrected chi connectivity index (χ3v) is 3.47. The third-order valence-electron chi connectivity index (χ3n) is 2.12. The highest BCUT2D eigenvalue weighted by Gasteiger charge is 1.93.